The van der Waals surface area contributed by atoms with Crippen molar-refractivity contribution in [2.24, 2.45) is 0 Å². The second-order valence-corrected chi connectivity index (χ2v) is 10.3. The minimum Gasteiger partial charge on any atom is -0.497 e. The normalized spacial score (nSPS) is 16.6. The van der Waals surface area contributed by atoms with E-state index in [4.69, 9.17) is 4.74 Å². The maximum atomic E-state index is 12.8. The molecule has 2 heterocycles. The summed E-state index contributed by atoms with van der Waals surface area (Å²) in [5.74, 6) is 0.733. The Morgan fingerprint density at radius 1 is 1.14 bits per heavy atom. The number of aldehydes is 1. The van der Waals surface area contributed by atoms with Gasteiger partial charge in [-0.25, -0.2) is 8.93 Å². The Labute approximate surface area is 207 Å². The number of ether oxygens (including phenoxy) is 1. The monoisotopic (exact) mass is 491 g/mol. The average Bonchev–Trinajstić information content (AvgIpc) is 3.11. The quantitative estimate of drug-likeness (QED) is 0.497. The SMILES string of the molecule is CNS(=O)NC(=O)c1ccc2c(C3CCCCC3)c3n(c2c1)CC(C=O)=Cc1cc(OC)ccc1-3. The summed E-state index contributed by atoms with van der Waals surface area (Å²) in [5, 5.41) is 1.10. The van der Waals surface area contributed by atoms with Crippen LogP contribution in [-0.2, 0) is 22.5 Å². The van der Waals surface area contributed by atoms with E-state index < -0.39 is 17.1 Å². The largest absolute Gasteiger partial charge is 0.497 e. The third-order valence-corrected chi connectivity index (χ3v) is 7.84. The fourth-order valence-electron chi connectivity index (χ4n) is 5.47. The number of aromatic nitrogens is 1. The van der Waals surface area contributed by atoms with Crippen LogP contribution in [0.1, 0.15) is 59.5 Å². The van der Waals surface area contributed by atoms with Gasteiger partial charge in [-0.2, -0.15) is 0 Å². The molecule has 182 valence electrons. The van der Waals surface area contributed by atoms with Crippen LogP contribution in [0.2, 0.25) is 0 Å². The molecule has 2 aromatic carbocycles. The van der Waals surface area contributed by atoms with Crippen LogP contribution in [0, 0.1) is 0 Å². The molecule has 0 bridgehead atoms. The number of nitrogens with one attached hydrogen (secondary N) is 2. The van der Waals surface area contributed by atoms with Gasteiger partial charge in [0.2, 0.25) is 0 Å². The van der Waals surface area contributed by atoms with Gasteiger partial charge in [-0.15, -0.1) is 0 Å². The number of hydrogen-bond donors (Lipinski definition) is 2. The van der Waals surface area contributed by atoms with E-state index in [1.54, 1.807) is 13.2 Å². The zero-order valence-electron chi connectivity index (χ0n) is 19.9. The minimum absolute atomic E-state index is 0.409. The number of carbonyl (C=O) groups is 2. The highest BCUT2D eigenvalue weighted by atomic mass is 32.2. The lowest BCUT2D eigenvalue weighted by Gasteiger charge is -2.24. The van der Waals surface area contributed by atoms with Gasteiger partial charge in [0.25, 0.3) is 5.91 Å². The van der Waals surface area contributed by atoms with Crippen LogP contribution in [0.15, 0.2) is 42.0 Å². The van der Waals surface area contributed by atoms with E-state index in [1.807, 2.05) is 30.3 Å². The molecule has 2 aliphatic rings. The van der Waals surface area contributed by atoms with Crippen molar-refractivity contribution in [1.29, 1.82) is 0 Å². The first kappa shape index (κ1) is 23.5. The highest BCUT2D eigenvalue weighted by Crippen LogP contribution is 2.46. The molecule has 1 saturated carbocycles. The number of amides is 1. The molecule has 5 rings (SSSR count). The molecule has 0 spiro atoms. The van der Waals surface area contributed by atoms with Crippen LogP contribution in [0.5, 0.6) is 5.75 Å². The third kappa shape index (κ3) is 4.32. The van der Waals surface area contributed by atoms with Crippen molar-refractivity contribution >= 4 is 40.3 Å². The smallest absolute Gasteiger partial charge is 0.264 e. The van der Waals surface area contributed by atoms with Gasteiger partial charge < -0.3 is 9.30 Å². The van der Waals surface area contributed by atoms with E-state index in [1.165, 1.54) is 31.9 Å². The topological polar surface area (TPSA) is 89.4 Å². The fourth-order valence-corrected chi connectivity index (χ4v) is 5.86. The van der Waals surface area contributed by atoms with Crippen molar-refractivity contribution in [2.75, 3.05) is 14.2 Å². The highest BCUT2D eigenvalue weighted by Gasteiger charge is 2.29. The summed E-state index contributed by atoms with van der Waals surface area (Å²) in [6.07, 6.45) is 8.71. The first-order valence-corrected chi connectivity index (χ1v) is 13.1. The number of carbonyl (C=O) groups excluding carboxylic acids is 2. The molecule has 0 radical (unpaired) electrons. The summed E-state index contributed by atoms with van der Waals surface area (Å²) in [5.41, 5.74) is 6.38. The summed E-state index contributed by atoms with van der Waals surface area (Å²) in [6.45, 7) is 0.409. The minimum atomic E-state index is -1.66. The molecule has 1 aromatic heterocycles. The molecule has 8 heteroatoms. The Kier molecular flexibility index (Phi) is 6.58. The van der Waals surface area contributed by atoms with Gasteiger partial charge in [0.1, 0.15) is 12.0 Å². The predicted octanol–water partition coefficient (Wildman–Crippen LogP) is 4.49. The fraction of sp³-hybridized carbons (Fsp3) is 0.333. The third-order valence-electron chi connectivity index (χ3n) is 7.10. The first-order valence-electron chi connectivity index (χ1n) is 11.9. The molecule has 1 aliphatic carbocycles. The summed E-state index contributed by atoms with van der Waals surface area (Å²) < 4.78 is 24.4. The van der Waals surface area contributed by atoms with Crippen LogP contribution in [0.3, 0.4) is 0 Å². The van der Waals surface area contributed by atoms with Crippen LogP contribution >= 0.6 is 0 Å². The van der Waals surface area contributed by atoms with E-state index in [2.05, 4.69) is 20.1 Å². The lowest BCUT2D eigenvalue weighted by Crippen LogP contribution is -2.32. The van der Waals surface area contributed by atoms with E-state index >= 15 is 0 Å². The second-order valence-electron chi connectivity index (χ2n) is 9.11. The maximum absolute atomic E-state index is 12.8. The van der Waals surface area contributed by atoms with Crippen molar-refractivity contribution < 1.29 is 18.5 Å². The van der Waals surface area contributed by atoms with Gasteiger partial charge in [-0.1, -0.05) is 25.3 Å². The number of methoxy groups -OCH3 is 1. The average molecular weight is 492 g/mol. The maximum Gasteiger partial charge on any atom is 0.264 e. The van der Waals surface area contributed by atoms with Gasteiger partial charge in [-0.3, -0.25) is 14.3 Å². The van der Waals surface area contributed by atoms with E-state index in [0.29, 0.717) is 23.6 Å². The molecule has 1 atom stereocenters. The highest BCUT2D eigenvalue weighted by molar-refractivity contribution is 7.81. The Hall–Kier alpha value is -3.23. The Bertz CT molecular complexity index is 1370. The number of benzene rings is 2. The number of fused-ring (bicyclic) bond motifs is 5. The molecule has 0 saturated heterocycles. The molecule has 3 aromatic rings. The second kappa shape index (κ2) is 9.79. The molecular formula is C27H29N3O4S. The van der Waals surface area contributed by atoms with Crippen molar-refractivity contribution in [3.63, 3.8) is 0 Å². The molecule has 7 nitrogen and oxygen atoms in total. The number of rotatable bonds is 6. The van der Waals surface area contributed by atoms with Crippen molar-refractivity contribution in [3.05, 3.63) is 58.7 Å². The van der Waals surface area contributed by atoms with Crippen LogP contribution < -0.4 is 14.2 Å². The summed E-state index contributed by atoms with van der Waals surface area (Å²) in [4.78, 5) is 24.8. The molecule has 1 amide bonds. The van der Waals surface area contributed by atoms with Crippen molar-refractivity contribution in [3.8, 4) is 17.0 Å². The molecule has 1 fully saturated rings. The van der Waals surface area contributed by atoms with Crippen LogP contribution in [-0.4, -0.2) is 35.1 Å². The zero-order valence-corrected chi connectivity index (χ0v) is 20.7. The van der Waals surface area contributed by atoms with Crippen LogP contribution in [0.25, 0.3) is 28.2 Å². The summed E-state index contributed by atoms with van der Waals surface area (Å²) in [7, 11) is 3.16. The molecule has 1 aliphatic heterocycles. The Morgan fingerprint density at radius 3 is 2.66 bits per heavy atom. The molecule has 2 N–H and O–H groups in total. The number of allylic oxidation sites excluding steroid dienone is 1. The predicted molar refractivity (Wildman–Crippen MR) is 138 cm³/mol. The van der Waals surface area contributed by atoms with Crippen molar-refractivity contribution in [1.82, 2.24) is 14.0 Å². The Morgan fingerprint density at radius 2 is 1.94 bits per heavy atom. The molecule has 1 unspecified atom stereocenters. The lowest BCUT2D eigenvalue weighted by atomic mass is 9.81. The summed E-state index contributed by atoms with van der Waals surface area (Å²) in [6, 6.07) is 11.6. The zero-order chi connectivity index (χ0) is 24.5. The lowest BCUT2D eigenvalue weighted by molar-refractivity contribution is -0.105. The van der Waals surface area contributed by atoms with E-state index in [9.17, 15) is 13.8 Å². The van der Waals surface area contributed by atoms with E-state index in [-0.39, 0.29) is 0 Å². The van der Waals surface area contributed by atoms with Gasteiger partial charge >= 0.3 is 0 Å². The van der Waals surface area contributed by atoms with E-state index in [0.717, 1.165) is 52.6 Å². The van der Waals surface area contributed by atoms with Gasteiger partial charge in [0, 0.05) is 27.6 Å². The van der Waals surface area contributed by atoms with Crippen LogP contribution in [0.4, 0.5) is 0 Å². The Balaban J connectivity index is 1.77. The van der Waals surface area contributed by atoms with Gasteiger partial charge in [0.05, 0.1) is 19.3 Å². The standard InChI is InChI=1S/C27H29N3O4S/c1-28-35(33)29-27(32)19-8-10-23-24(14-19)30-15-17(16-31)12-20-13-21(34-2)9-11-22(20)26(30)25(23)18-6-4-3-5-7-18/h8-14,16,18,28H,3-7,15H2,1-2H3,(H,29,32). The first-order chi connectivity index (χ1) is 17.0. The summed E-state index contributed by atoms with van der Waals surface area (Å²) >= 11 is -1.66. The number of hydrogen-bond acceptors (Lipinski definition) is 4. The van der Waals surface area contributed by atoms with Crippen molar-refractivity contribution in [2.45, 2.75) is 44.6 Å². The van der Waals surface area contributed by atoms with Gasteiger partial charge in [-0.05, 0) is 73.3 Å². The number of nitrogens with zero attached hydrogens (tertiary/aromatic N) is 1. The van der Waals surface area contributed by atoms with Gasteiger partial charge in [0.15, 0.2) is 11.2 Å². The molecular weight excluding hydrogens is 462 g/mol. The molecule has 35 heavy (non-hydrogen) atoms.